The molecule has 0 aliphatic rings. The number of nitrogens with one attached hydrogen (secondary N) is 1. The third kappa shape index (κ3) is 5.25. The lowest BCUT2D eigenvalue weighted by molar-refractivity contribution is 0.0955. The van der Waals surface area contributed by atoms with Crippen LogP contribution in [-0.4, -0.2) is 17.2 Å². The van der Waals surface area contributed by atoms with Gasteiger partial charge in [-0.25, -0.2) is 5.43 Å². The van der Waals surface area contributed by atoms with Crippen LogP contribution in [0, 0.1) is 0 Å². The summed E-state index contributed by atoms with van der Waals surface area (Å²) in [6.45, 7) is 0.447. The highest BCUT2D eigenvalue weighted by Crippen LogP contribution is 2.29. The maximum Gasteiger partial charge on any atom is 0.271 e. The summed E-state index contributed by atoms with van der Waals surface area (Å²) in [4.78, 5) is 12.2. The molecule has 0 fully saturated rings. The number of hydrogen-bond donors (Lipinski definition) is 2. The van der Waals surface area contributed by atoms with Crippen molar-refractivity contribution in [1.82, 2.24) is 5.43 Å². The maximum absolute atomic E-state index is 12.2. The molecule has 0 saturated carbocycles. The fraction of sp³-hybridized carbons (Fsp3) is 0.0476. The van der Waals surface area contributed by atoms with E-state index >= 15 is 0 Å². The Bertz CT molecular complexity index is 991. The van der Waals surface area contributed by atoms with E-state index in [1.54, 1.807) is 24.3 Å². The van der Waals surface area contributed by atoms with E-state index in [0.29, 0.717) is 28.5 Å². The van der Waals surface area contributed by atoms with Crippen LogP contribution >= 0.6 is 23.2 Å². The van der Waals surface area contributed by atoms with Crippen LogP contribution in [0.15, 0.2) is 71.8 Å². The van der Waals surface area contributed by atoms with E-state index in [-0.39, 0.29) is 10.8 Å². The van der Waals surface area contributed by atoms with Crippen molar-refractivity contribution in [2.75, 3.05) is 0 Å². The monoisotopic (exact) mass is 414 g/mol. The van der Waals surface area contributed by atoms with Crippen molar-refractivity contribution in [2.45, 2.75) is 6.61 Å². The third-order valence-electron chi connectivity index (χ3n) is 3.79. The third-order valence-corrected chi connectivity index (χ3v) is 4.30. The number of carbonyl (C=O) groups excluding carboxylic acids is 1. The van der Waals surface area contributed by atoms with Gasteiger partial charge in [0, 0.05) is 16.1 Å². The van der Waals surface area contributed by atoms with Gasteiger partial charge < -0.3 is 9.84 Å². The maximum atomic E-state index is 12.2. The number of nitrogens with zero attached hydrogens (tertiary/aromatic N) is 1. The van der Waals surface area contributed by atoms with Crippen molar-refractivity contribution in [3.05, 3.63) is 93.5 Å². The lowest BCUT2D eigenvalue weighted by Crippen LogP contribution is -2.17. The summed E-state index contributed by atoms with van der Waals surface area (Å²) in [5, 5.41) is 14.1. The van der Waals surface area contributed by atoms with E-state index in [1.165, 1.54) is 18.3 Å². The van der Waals surface area contributed by atoms with Gasteiger partial charge in [0.2, 0.25) is 0 Å². The number of halogens is 2. The summed E-state index contributed by atoms with van der Waals surface area (Å²) in [6.07, 6.45) is 1.27. The van der Waals surface area contributed by atoms with Gasteiger partial charge in [-0.15, -0.1) is 0 Å². The number of rotatable bonds is 6. The molecule has 0 saturated heterocycles. The molecule has 2 N–H and O–H groups in total. The Balaban J connectivity index is 1.57. The zero-order valence-electron chi connectivity index (χ0n) is 14.6. The van der Waals surface area contributed by atoms with Crippen molar-refractivity contribution >= 4 is 35.3 Å². The first-order valence-corrected chi connectivity index (χ1v) is 9.07. The fourth-order valence-electron chi connectivity index (χ4n) is 2.35. The van der Waals surface area contributed by atoms with E-state index < -0.39 is 5.91 Å². The number of aromatic hydroxyl groups is 1. The molecular weight excluding hydrogens is 399 g/mol. The van der Waals surface area contributed by atoms with Crippen LogP contribution in [-0.2, 0) is 6.61 Å². The smallest absolute Gasteiger partial charge is 0.271 e. The molecular formula is C21H16Cl2N2O3. The average molecular weight is 415 g/mol. The molecule has 0 radical (unpaired) electrons. The van der Waals surface area contributed by atoms with Crippen LogP contribution in [0.1, 0.15) is 21.5 Å². The Hall–Kier alpha value is -3.02. The summed E-state index contributed by atoms with van der Waals surface area (Å²) in [5.74, 6) is 0.0878. The molecule has 1 amide bonds. The van der Waals surface area contributed by atoms with Gasteiger partial charge in [-0.05, 0) is 42.0 Å². The minimum Gasteiger partial charge on any atom is -0.506 e. The summed E-state index contributed by atoms with van der Waals surface area (Å²) < 4.78 is 5.69. The van der Waals surface area contributed by atoms with Crippen molar-refractivity contribution in [3.63, 3.8) is 0 Å². The predicted molar refractivity (Wildman–Crippen MR) is 110 cm³/mol. The lowest BCUT2D eigenvalue weighted by Gasteiger charge is -2.07. The summed E-state index contributed by atoms with van der Waals surface area (Å²) in [5.41, 5.74) is 4.15. The van der Waals surface area contributed by atoms with E-state index in [2.05, 4.69) is 10.5 Å². The van der Waals surface area contributed by atoms with Crippen molar-refractivity contribution in [3.8, 4) is 11.5 Å². The second-order valence-corrected chi connectivity index (χ2v) is 6.67. The number of hydrogen-bond acceptors (Lipinski definition) is 4. The van der Waals surface area contributed by atoms with Crippen molar-refractivity contribution < 1.29 is 14.6 Å². The number of ether oxygens (including phenoxy) is 1. The molecule has 5 nitrogen and oxygen atoms in total. The van der Waals surface area contributed by atoms with Gasteiger partial charge in [-0.3, -0.25) is 4.79 Å². The molecule has 3 aromatic rings. The molecule has 0 heterocycles. The molecule has 0 unspecified atom stereocenters. The molecule has 0 aliphatic heterocycles. The number of carbonyl (C=O) groups is 1. The minimum absolute atomic E-state index is 0.103. The zero-order chi connectivity index (χ0) is 19.9. The van der Waals surface area contributed by atoms with Crippen molar-refractivity contribution in [2.24, 2.45) is 5.10 Å². The molecule has 0 aromatic heterocycles. The summed E-state index contributed by atoms with van der Waals surface area (Å²) >= 11 is 11.7. The molecule has 7 heteroatoms. The number of hydrazone groups is 1. The molecule has 28 heavy (non-hydrogen) atoms. The van der Waals surface area contributed by atoms with Crippen molar-refractivity contribution in [1.29, 1.82) is 0 Å². The van der Waals surface area contributed by atoms with E-state index in [4.69, 9.17) is 27.9 Å². The van der Waals surface area contributed by atoms with Gasteiger partial charge in [0.1, 0.15) is 18.1 Å². The average Bonchev–Trinajstić information content (AvgIpc) is 2.71. The summed E-state index contributed by atoms with van der Waals surface area (Å²) in [6, 6.07) is 19.4. The molecule has 0 atom stereocenters. The number of phenols is 1. The highest BCUT2D eigenvalue weighted by molar-refractivity contribution is 6.36. The van der Waals surface area contributed by atoms with E-state index in [0.717, 1.165) is 5.56 Å². The zero-order valence-corrected chi connectivity index (χ0v) is 16.1. The Kier molecular flexibility index (Phi) is 6.53. The molecule has 0 spiro atoms. The second-order valence-electron chi connectivity index (χ2n) is 5.82. The Morgan fingerprint density at radius 2 is 1.79 bits per heavy atom. The van der Waals surface area contributed by atoms with E-state index in [9.17, 15) is 9.90 Å². The van der Waals surface area contributed by atoms with Crippen LogP contribution in [0.2, 0.25) is 10.0 Å². The number of benzene rings is 3. The van der Waals surface area contributed by atoms with Gasteiger partial charge in [0.05, 0.1) is 11.2 Å². The van der Waals surface area contributed by atoms with Gasteiger partial charge in [0.15, 0.2) is 0 Å². The van der Waals surface area contributed by atoms with Crippen LogP contribution in [0.4, 0.5) is 0 Å². The molecule has 3 rings (SSSR count). The fourth-order valence-corrected chi connectivity index (χ4v) is 2.86. The van der Waals surface area contributed by atoms with Gasteiger partial charge in [0.25, 0.3) is 5.91 Å². The van der Waals surface area contributed by atoms with Crippen LogP contribution < -0.4 is 10.2 Å². The lowest BCUT2D eigenvalue weighted by atomic mass is 10.2. The van der Waals surface area contributed by atoms with Gasteiger partial charge >= 0.3 is 0 Å². The van der Waals surface area contributed by atoms with Crippen LogP contribution in [0.5, 0.6) is 11.5 Å². The molecule has 3 aromatic carbocycles. The minimum atomic E-state index is -0.404. The number of amides is 1. The largest absolute Gasteiger partial charge is 0.506 e. The first kappa shape index (κ1) is 19.7. The normalized spacial score (nSPS) is 10.8. The topological polar surface area (TPSA) is 70.9 Å². The first-order chi connectivity index (χ1) is 13.5. The Labute approximate surface area is 172 Å². The Morgan fingerprint density at radius 1 is 1.07 bits per heavy atom. The first-order valence-electron chi connectivity index (χ1n) is 8.31. The standard InChI is InChI=1S/C21H16Cl2N2O3/c22-17-10-16(20(26)19(23)11-17)12-24-25-21(27)15-6-8-18(9-7-15)28-13-14-4-2-1-3-5-14/h1-12,26H,13H2,(H,25,27)/b24-12-. The number of phenolic OH excluding ortho intramolecular Hbond substituents is 1. The quantitative estimate of drug-likeness (QED) is 0.438. The molecule has 0 aliphatic carbocycles. The highest BCUT2D eigenvalue weighted by atomic mass is 35.5. The van der Waals surface area contributed by atoms with Gasteiger partial charge in [-0.1, -0.05) is 53.5 Å². The predicted octanol–water partition coefficient (Wildman–Crippen LogP) is 5.04. The van der Waals surface area contributed by atoms with Crippen LogP contribution in [0.25, 0.3) is 0 Å². The second kappa shape index (κ2) is 9.26. The van der Waals surface area contributed by atoms with Crippen LogP contribution in [0.3, 0.4) is 0 Å². The molecule has 0 bridgehead atoms. The van der Waals surface area contributed by atoms with E-state index in [1.807, 2.05) is 30.3 Å². The van der Waals surface area contributed by atoms with Gasteiger partial charge in [-0.2, -0.15) is 5.10 Å². The SMILES string of the molecule is O=C(N/N=C\c1cc(Cl)cc(Cl)c1O)c1ccc(OCc2ccccc2)cc1. The summed E-state index contributed by atoms with van der Waals surface area (Å²) in [7, 11) is 0. The highest BCUT2D eigenvalue weighted by Gasteiger charge is 2.07. The molecule has 142 valence electrons. The Morgan fingerprint density at radius 3 is 2.50 bits per heavy atom.